The van der Waals surface area contributed by atoms with Crippen LogP contribution >= 0.6 is 0 Å². The molecule has 1 spiro atoms. The molecule has 0 unspecified atom stereocenters. The maximum absolute atomic E-state index is 13.4. The fourth-order valence-electron chi connectivity index (χ4n) is 4.12. The topological polar surface area (TPSA) is 58.6 Å². The minimum absolute atomic E-state index is 0.0956. The molecule has 2 fully saturated rings. The van der Waals surface area contributed by atoms with Crippen LogP contribution in [0.5, 0.6) is 0 Å². The number of nitrogens with zero attached hydrogens (tertiary/aromatic N) is 1. The van der Waals surface area contributed by atoms with E-state index in [-0.39, 0.29) is 18.4 Å². The van der Waals surface area contributed by atoms with Crippen molar-refractivity contribution in [2.45, 2.75) is 71.1 Å². The van der Waals surface area contributed by atoms with E-state index in [9.17, 15) is 9.59 Å². The summed E-state index contributed by atoms with van der Waals surface area (Å²) in [5, 5.41) is 2.99. The summed E-state index contributed by atoms with van der Waals surface area (Å²) in [6.45, 7) is 7.11. The Morgan fingerprint density at radius 3 is 2.44 bits per heavy atom. The second kappa shape index (κ2) is 8.42. The predicted molar refractivity (Wildman–Crippen MR) is 105 cm³/mol. The van der Waals surface area contributed by atoms with Gasteiger partial charge in [-0.1, -0.05) is 39.3 Å². The highest BCUT2D eigenvalue weighted by atomic mass is 16.5. The standard InChI is InChI=1S/C22H32N2O3/c1-4-17-8-10-18(11-9-17)21(26)24-19(20(25)23-14-16(2)3)15-27-22(24)12-6-5-7-13-22/h8-11,16,19H,4-7,12-15H2,1-3H3,(H,23,25)/t19-/m0/s1. The average molecular weight is 373 g/mol. The molecule has 1 aliphatic carbocycles. The number of hydrogen-bond acceptors (Lipinski definition) is 3. The summed E-state index contributed by atoms with van der Waals surface area (Å²) in [5.41, 5.74) is 1.20. The fourth-order valence-corrected chi connectivity index (χ4v) is 4.12. The van der Waals surface area contributed by atoms with Gasteiger partial charge in [0.15, 0.2) is 0 Å². The number of nitrogens with one attached hydrogen (secondary N) is 1. The Balaban J connectivity index is 1.87. The van der Waals surface area contributed by atoms with Gasteiger partial charge in [-0.05, 0) is 55.7 Å². The van der Waals surface area contributed by atoms with Gasteiger partial charge in [-0.2, -0.15) is 0 Å². The van der Waals surface area contributed by atoms with Gasteiger partial charge in [0.1, 0.15) is 11.8 Å². The molecule has 1 N–H and O–H groups in total. The van der Waals surface area contributed by atoms with E-state index in [0.717, 1.165) is 38.5 Å². The first-order chi connectivity index (χ1) is 13.0. The second-order valence-electron chi connectivity index (χ2n) is 8.20. The van der Waals surface area contributed by atoms with Crippen LogP contribution in [0, 0.1) is 5.92 Å². The molecule has 1 aliphatic heterocycles. The summed E-state index contributed by atoms with van der Waals surface area (Å²) >= 11 is 0. The fraction of sp³-hybridized carbons (Fsp3) is 0.636. The van der Waals surface area contributed by atoms with Gasteiger partial charge >= 0.3 is 0 Å². The Kier molecular flexibility index (Phi) is 6.20. The predicted octanol–water partition coefficient (Wildman–Crippen LogP) is 3.52. The molecule has 27 heavy (non-hydrogen) atoms. The van der Waals surface area contributed by atoms with Gasteiger partial charge in [0, 0.05) is 12.1 Å². The molecule has 1 saturated carbocycles. The number of ether oxygens (including phenoxy) is 1. The minimum Gasteiger partial charge on any atom is -0.354 e. The normalized spacial score (nSPS) is 21.6. The molecule has 0 aromatic heterocycles. The van der Waals surface area contributed by atoms with E-state index in [0.29, 0.717) is 18.0 Å². The van der Waals surface area contributed by atoms with E-state index in [1.807, 2.05) is 24.3 Å². The van der Waals surface area contributed by atoms with Crippen LogP contribution in [-0.4, -0.2) is 41.6 Å². The number of aryl methyl sites for hydroxylation is 1. The molecule has 1 atom stereocenters. The summed E-state index contributed by atoms with van der Waals surface area (Å²) in [5.74, 6) is 0.164. The third-order valence-corrected chi connectivity index (χ3v) is 5.71. The Hall–Kier alpha value is -1.88. The molecular formula is C22H32N2O3. The van der Waals surface area contributed by atoms with E-state index in [1.165, 1.54) is 5.56 Å². The summed E-state index contributed by atoms with van der Waals surface area (Å²) in [6, 6.07) is 7.18. The quantitative estimate of drug-likeness (QED) is 0.860. The molecule has 3 rings (SSSR count). The third-order valence-electron chi connectivity index (χ3n) is 5.71. The van der Waals surface area contributed by atoms with Gasteiger partial charge in [-0.15, -0.1) is 0 Å². The van der Waals surface area contributed by atoms with E-state index < -0.39 is 11.8 Å². The first kappa shape index (κ1) is 19.9. The second-order valence-corrected chi connectivity index (χ2v) is 8.20. The first-order valence-electron chi connectivity index (χ1n) is 10.3. The van der Waals surface area contributed by atoms with Crippen molar-refractivity contribution in [1.29, 1.82) is 0 Å². The molecule has 148 valence electrons. The lowest BCUT2D eigenvalue weighted by Crippen LogP contribution is -2.56. The zero-order valence-corrected chi connectivity index (χ0v) is 16.8. The smallest absolute Gasteiger partial charge is 0.256 e. The highest BCUT2D eigenvalue weighted by Gasteiger charge is 2.52. The Morgan fingerprint density at radius 2 is 1.85 bits per heavy atom. The van der Waals surface area contributed by atoms with Gasteiger partial charge < -0.3 is 10.1 Å². The lowest BCUT2D eigenvalue weighted by Gasteiger charge is -2.41. The van der Waals surface area contributed by atoms with Crippen molar-refractivity contribution in [3.63, 3.8) is 0 Å². The third kappa shape index (κ3) is 4.18. The van der Waals surface area contributed by atoms with Crippen molar-refractivity contribution in [2.24, 2.45) is 5.92 Å². The van der Waals surface area contributed by atoms with Crippen LogP contribution in [0.4, 0.5) is 0 Å². The van der Waals surface area contributed by atoms with Crippen molar-refractivity contribution in [1.82, 2.24) is 10.2 Å². The van der Waals surface area contributed by atoms with Crippen LogP contribution in [0.25, 0.3) is 0 Å². The Bertz CT molecular complexity index is 663. The average Bonchev–Trinajstić information content (AvgIpc) is 3.04. The van der Waals surface area contributed by atoms with Gasteiger partial charge in [-0.3, -0.25) is 14.5 Å². The number of amides is 2. The van der Waals surface area contributed by atoms with E-state index in [1.54, 1.807) is 4.90 Å². The molecule has 0 radical (unpaired) electrons. The summed E-state index contributed by atoms with van der Waals surface area (Å²) in [4.78, 5) is 28.0. The summed E-state index contributed by atoms with van der Waals surface area (Å²) < 4.78 is 6.17. The molecule has 0 bridgehead atoms. The summed E-state index contributed by atoms with van der Waals surface area (Å²) in [6.07, 6.45) is 5.76. The highest BCUT2D eigenvalue weighted by molar-refractivity contribution is 5.98. The van der Waals surface area contributed by atoms with Crippen molar-refractivity contribution in [3.8, 4) is 0 Å². The molecule has 1 aromatic carbocycles. The zero-order chi connectivity index (χ0) is 19.4. The van der Waals surface area contributed by atoms with Crippen molar-refractivity contribution >= 4 is 11.8 Å². The molecule has 1 heterocycles. The zero-order valence-electron chi connectivity index (χ0n) is 16.8. The first-order valence-corrected chi connectivity index (χ1v) is 10.3. The molecule has 5 nitrogen and oxygen atoms in total. The van der Waals surface area contributed by atoms with E-state index in [2.05, 4.69) is 26.1 Å². The van der Waals surface area contributed by atoms with Crippen LogP contribution in [0.15, 0.2) is 24.3 Å². The van der Waals surface area contributed by atoms with Crippen LogP contribution in [0.3, 0.4) is 0 Å². The molecular weight excluding hydrogens is 340 g/mol. The van der Waals surface area contributed by atoms with Crippen LogP contribution in [0.1, 0.15) is 68.8 Å². The number of benzene rings is 1. The van der Waals surface area contributed by atoms with Gasteiger partial charge in [0.05, 0.1) is 6.61 Å². The van der Waals surface area contributed by atoms with Crippen molar-refractivity contribution < 1.29 is 14.3 Å². The lowest BCUT2D eigenvalue weighted by atomic mass is 9.89. The minimum atomic E-state index is -0.626. The maximum Gasteiger partial charge on any atom is 0.256 e. The van der Waals surface area contributed by atoms with E-state index in [4.69, 9.17) is 4.74 Å². The Labute approximate surface area is 162 Å². The van der Waals surface area contributed by atoms with Gasteiger partial charge in [0.25, 0.3) is 5.91 Å². The highest BCUT2D eigenvalue weighted by Crippen LogP contribution is 2.41. The number of carbonyl (C=O) groups is 2. The number of rotatable bonds is 5. The van der Waals surface area contributed by atoms with Crippen LogP contribution in [-0.2, 0) is 16.0 Å². The largest absolute Gasteiger partial charge is 0.354 e. The molecule has 1 aromatic rings. The number of carbonyl (C=O) groups excluding carboxylic acids is 2. The van der Waals surface area contributed by atoms with Crippen molar-refractivity contribution in [2.75, 3.05) is 13.2 Å². The van der Waals surface area contributed by atoms with Gasteiger partial charge in [-0.25, -0.2) is 0 Å². The van der Waals surface area contributed by atoms with Gasteiger partial charge in [0.2, 0.25) is 5.91 Å². The SMILES string of the molecule is CCc1ccc(C(=O)N2[C@H](C(=O)NCC(C)C)COC23CCCCC3)cc1. The van der Waals surface area contributed by atoms with Crippen LogP contribution in [0.2, 0.25) is 0 Å². The van der Waals surface area contributed by atoms with E-state index >= 15 is 0 Å². The maximum atomic E-state index is 13.4. The molecule has 5 heteroatoms. The summed E-state index contributed by atoms with van der Waals surface area (Å²) in [7, 11) is 0. The van der Waals surface area contributed by atoms with Crippen LogP contribution < -0.4 is 5.32 Å². The number of hydrogen-bond donors (Lipinski definition) is 1. The monoisotopic (exact) mass is 372 g/mol. The Morgan fingerprint density at radius 1 is 1.19 bits per heavy atom. The molecule has 2 aliphatic rings. The molecule has 2 amide bonds. The van der Waals surface area contributed by atoms with Crippen molar-refractivity contribution in [3.05, 3.63) is 35.4 Å². The molecule has 1 saturated heterocycles. The lowest BCUT2D eigenvalue weighted by molar-refractivity contribution is -0.127.